The van der Waals surface area contributed by atoms with Crippen LogP contribution in [0.15, 0.2) is 89.8 Å². The maximum Gasteiger partial charge on any atom is 0.193 e. The number of halogens is 1. The molecule has 2 N–H and O–H groups in total. The average molecular weight is 541 g/mol. The van der Waals surface area contributed by atoms with Gasteiger partial charge < -0.3 is 10.3 Å². The van der Waals surface area contributed by atoms with E-state index in [1.54, 1.807) is 11.8 Å². The van der Waals surface area contributed by atoms with E-state index in [-0.39, 0.29) is 11.6 Å². The largest absolute Gasteiger partial charge is 0.341 e. The molecule has 0 radical (unpaired) electrons. The molecular weight excluding hydrogens is 512 g/mol. The van der Waals surface area contributed by atoms with Gasteiger partial charge in [-0.3, -0.25) is 9.59 Å². The fourth-order valence-electron chi connectivity index (χ4n) is 4.90. The van der Waals surface area contributed by atoms with Gasteiger partial charge >= 0.3 is 0 Å². The molecule has 0 aliphatic carbocycles. The Balaban J connectivity index is 1.43. The van der Waals surface area contributed by atoms with Gasteiger partial charge in [-0.2, -0.15) is 0 Å². The molecule has 6 heteroatoms. The van der Waals surface area contributed by atoms with E-state index in [1.165, 1.54) is 0 Å². The lowest BCUT2D eigenvalue weighted by Crippen LogP contribution is -2.31. The molecule has 38 heavy (non-hydrogen) atoms. The molecule has 0 fully saturated rings. The van der Waals surface area contributed by atoms with Crippen molar-refractivity contribution in [2.24, 2.45) is 5.73 Å². The summed E-state index contributed by atoms with van der Waals surface area (Å²) in [6.45, 7) is 4.82. The van der Waals surface area contributed by atoms with Crippen molar-refractivity contribution in [2.75, 3.05) is 5.75 Å². The van der Waals surface area contributed by atoms with Gasteiger partial charge in [0.1, 0.15) is 0 Å². The molecule has 5 rings (SSSR count). The first-order chi connectivity index (χ1) is 18.4. The summed E-state index contributed by atoms with van der Waals surface area (Å²) in [5.74, 6) is 0.652. The Morgan fingerprint density at radius 1 is 0.895 bits per heavy atom. The molecule has 0 saturated heterocycles. The van der Waals surface area contributed by atoms with Crippen LogP contribution in [0.25, 0.3) is 21.8 Å². The predicted octanol–water partition coefficient (Wildman–Crippen LogP) is 7.70. The Hall–Kier alpha value is -3.38. The van der Waals surface area contributed by atoms with E-state index in [4.69, 9.17) is 17.3 Å². The number of hydrogen-bond donors (Lipinski definition) is 1. The number of aromatic nitrogens is 1. The second-order valence-corrected chi connectivity index (χ2v) is 11.0. The number of hydrogen-bond acceptors (Lipinski definition) is 4. The van der Waals surface area contributed by atoms with Crippen molar-refractivity contribution in [1.82, 2.24) is 4.57 Å². The van der Waals surface area contributed by atoms with Crippen LogP contribution in [0, 0.1) is 6.92 Å². The highest BCUT2D eigenvalue weighted by molar-refractivity contribution is 7.99. The van der Waals surface area contributed by atoms with Crippen LogP contribution in [0.4, 0.5) is 0 Å². The fraction of sp³-hybridized carbons (Fsp3) is 0.188. The molecule has 0 saturated carbocycles. The molecule has 4 nitrogen and oxygen atoms in total. The normalized spacial score (nSPS) is 12.2. The molecule has 4 aromatic carbocycles. The van der Waals surface area contributed by atoms with E-state index >= 15 is 0 Å². The van der Waals surface area contributed by atoms with Crippen molar-refractivity contribution in [1.29, 1.82) is 0 Å². The van der Waals surface area contributed by atoms with Crippen molar-refractivity contribution in [2.45, 2.75) is 37.8 Å². The molecule has 1 unspecified atom stereocenters. The monoisotopic (exact) mass is 540 g/mol. The van der Waals surface area contributed by atoms with E-state index in [0.717, 1.165) is 44.6 Å². The minimum absolute atomic E-state index is 0.00478. The minimum atomic E-state index is -0.593. The molecule has 0 bridgehead atoms. The molecule has 5 aromatic rings. The van der Waals surface area contributed by atoms with Crippen LogP contribution in [-0.2, 0) is 6.54 Å². The van der Waals surface area contributed by atoms with Gasteiger partial charge in [-0.15, -0.1) is 11.8 Å². The van der Waals surface area contributed by atoms with Crippen LogP contribution < -0.4 is 5.73 Å². The van der Waals surface area contributed by atoms with Crippen LogP contribution in [-0.4, -0.2) is 27.9 Å². The standard InChI is InChI=1S/C32H29ClN2O2S/c1-3-35-29-14-8-21(31(36)25-7-5-4-6-20(25)2)18-26(29)27-19-22(9-15-30(27)35)32(37)28(34)16-17-38-24-12-10-23(33)11-13-24/h4-15,18-19,28H,3,16-17,34H2,1-2H3. The summed E-state index contributed by atoms with van der Waals surface area (Å²) in [6.07, 6.45) is 0.565. The number of thioether (sulfide) groups is 1. The lowest BCUT2D eigenvalue weighted by molar-refractivity contribution is 0.0959. The summed E-state index contributed by atoms with van der Waals surface area (Å²) < 4.78 is 2.21. The second-order valence-electron chi connectivity index (χ2n) is 9.41. The van der Waals surface area contributed by atoms with Gasteiger partial charge in [0, 0.05) is 55.0 Å². The number of benzene rings is 4. The third-order valence-electron chi connectivity index (χ3n) is 6.97. The molecule has 0 amide bonds. The number of nitrogens with zero attached hydrogens (tertiary/aromatic N) is 1. The SMILES string of the molecule is CCn1c2ccc(C(=O)c3ccccc3C)cc2c2cc(C(=O)C(N)CCSc3ccc(Cl)cc3)ccc21. The number of carbonyl (C=O) groups is 2. The van der Waals surface area contributed by atoms with Crippen molar-refractivity contribution in [3.8, 4) is 0 Å². The zero-order chi connectivity index (χ0) is 26.8. The summed E-state index contributed by atoms with van der Waals surface area (Å²) in [7, 11) is 0. The zero-order valence-electron chi connectivity index (χ0n) is 21.4. The highest BCUT2D eigenvalue weighted by Crippen LogP contribution is 2.32. The van der Waals surface area contributed by atoms with Crippen molar-refractivity contribution >= 4 is 56.7 Å². The predicted molar refractivity (Wildman–Crippen MR) is 159 cm³/mol. The topological polar surface area (TPSA) is 65.1 Å². The van der Waals surface area contributed by atoms with Crippen molar-refractivity contribution < 1.29 is 9.59 Å². The highest BCUT2D eigenvalue weighted by Gasteiger charge is 2.19. The van der Waals surface area contributed by atoms with Gasteiger partial charge in [0.05, 0.1) is 6.04 Å². The molecule has 1 heterocycles. The Bertz CT molecular complexity index is 1660. The van der Waals surface area contributed by atoms with Crippen LogP contribution in [0.3, 0.4) is 0 Å². The smallest absolute Gasteiger partial charge is 0.193 e. The number of fused-ring (bicyclic) bond motifs is 3. The van der Waals surface area contributed by atoms with Gasteiger partial charge in [-0.05, 0) is 92.2 Å². The minimum Gasteiger partial charge on any atom is -0.341 e. The highest BCUT2D eigenvalue weighted by atomic mass is 35.5. The number of nitrogens with two attached hydrogens (primary N) is 1. The second kappa shape index (κ2) is 11.2. The average Bonchev–Trinajstić information content (AvgIpc) is 3.25. The summed E-state index contributed by atoms with van der Waals surface area (Å²) in [5.41, 5.74) is 11.3. The van der Waals surface area contributed by atoms with Crippen LogP contribution in [0.2, 0.25) is 5.02 Å². The first-order valence-electron chi connectivity index (χ1n) is 12.7. The Morgan fingerprint density at radius 2 is 1.53 bits per heavy atom. The third kappa shape index (κ3) is 5.14. The molecule has 1 aromatic heterocycles. The quantitative estimate of drug-likeness (QED) is 0.154. The molecule has 0 aliphatic rings. The summed E-state index contributed by atoms with van der Waals surface area (Å²) in [4.78, 5) is 27.7. The maximum absolute atomic E-state index is 13.3. The van der Waals surface area contributed by atoms with E-state index in [2.05, 4.69) is 11.5 Å². The van der Waals surface area contributed by atoms with E-state index in [9.17, 15) is 9.59 Å². The van der Waals surface area contributed by atoms with Gasteiger partial charge in [-0.25, -0.2) is 0 Å². The summed E-state index contributed by atoms with van der Waals surface area (Å²) in [5, 5.41) is 2.62. The lowest BCUT2D eigenvalue weighted by Gasteiger charge is -2.11. The molecule has 1 atom stereocenters. The molecular formula is C32H29ClN2O2S. The Kier molecular flexibility index (Phi) is 7.70. The van der Waals surface area contributed by atoms with E-state index in [1.807, 2.05) is 91.9 Å². The van der Waals surface area contributed by atoms with Gasteiger partial charge in [0.15, 0.2) is 11.6 Å². The summed E-state index contributed by atoms with van der Waals surface area (Å²) in [6, 6.07) is 26.3. The van der Waals surface area contributed by atoms with E-state index < -0.39 is 6.04 Å². The Morgan fingerprint density at radius 3 is 2.18 bits per heavy atom. The number of rotatable bonds is 9. The molecule has 192 valence electrons. The number of Topliss-reactive ketones (excluding diaryl/α,β-unsaturated/α-hetero) is 1. The first kappa shape index (κ1) is 26.2. The summed E-state index contributed by atoms with van der Waals surface area (Å²) >= 11 is 7.62. The van der Waals surface area contributed by atoms with E-state index in [0.29, 0.717) is 28.1 Å². The van der Waals surface area contributed by atoms with Crippen LogP contribution in [0.5, 0.6) is 0 Å². The van der Waals surface area contributed by atoms with Gasteiger partial charge in [-0.1, -0.05) is 35.9 Å². The molecule has 0 aliphatic heterocycles. The number of aryl methyl sites for hydroxylation is 2. The molecule has 0 spiro atoms. The fourth-order valence-corrected chi connectivity index (χ4v) is 5.96. The third-order valence-corrected chi connectivity index (χ3v) is 8.26. The number of ketones is 2. The van der Waals surface area contributed by atoms with Crippen LogP contribution in [0.1, 0.15) is 45.2 Å². The van der Waals surface area contributed by atoms with Crippen molar-refractivity contribution in [3.05, 3.63) is 112 Å². The van der Waals surface area contributed by atoms with Gasteiger partial charge in [0.25, 0.3) is 0 Å². The zero-order valence-corrected chi connectivity index (χ0v) is 23.0. The maximum atomic E-state index is 13.3. The first-order valence-corrected chi connectivity index (χ1v) is 14.1. The van der Waals surface area contributed by atoms with Gasteiger partial charge in [0.2, 0.25) is 0 Å². The lowest BCUT2D eigenvalue weighted by atomic mass is 9.97. The Labute approximate surface area is 231 Å². The van der Waals surface area contributed by atoms with Crippen LogP contribution >= 0.6 is 23.4 Å². The number of carbonyl (C=O) groups excluding carboxylic acids is 2. The van der Waals surface area contributed by atoms with Crippen molar-refractivity contribution in [3.63, 3.8) is 0 Å².